The number of halogens is 1. The van der Waals surface area contributed by atoms with Crippen LogP contribution in [0, 0.1) is 31.1 Å². The first-order valence-corrected chi connectivity index (χ1v) is 8.08. The van der Waals surface area contributed by atoms with E-state index < -0.39 is 0 Å². The molecule has 23 heavy (non-hydrogen) atoms. The summed E-state index contributed by atoms with van der Waals surface area (Å²) < 4.78 is 6.04. The number of benzene rings is 1. The molecule has 0 saturated heterocycles. The Balaban J connectivity index is 1.87. The third-order valence-electron chi connectivity index (χ3n) is 4.17. The van der Waals surface area contributed by atoms with Gasteiger partial charge in [-0.3, -0.25) is 0 Å². The SMILES string of the molecule is Cc1nc(C)c(Cc2ccccc2Cl)c(OC2CC(C#N)C2)n1. The Labute approximate surface area is 141 Å². The van der Waals surface area contributed by atoms with E-state index in [2.05, 4.69) is 16.0 Å². The third-order valence-corrected chi connectivity index (χ3v) is 4.54. The first-order chi connectivity index (χ1) is 11.1. The number of aromatic nitrogens is 2. The minimum Gasteiger partial charge on any atom is -0.474 e. The van der Waals surface area contributed by atoms with Gasteiger partial charge in [0, 0.05) is 35.5 Å². The van der Waals surface area contributed by atoms with E-state index in [0.717, 1.165) is 34.7 Å². The highest BCUT2D eigenvalue weighted by molar-refractivity contribution is 6.31. The monoisotopic (exact) mass is 327 g/mol. The maximum absolute atomic E-state index is 8.89. The van der Waals surface area contributed by atoms with Crippen LogP contribution < -0.4 is 4.74 Å². The van der Waals surface area contributed by atoms with E-state index in [1.165, 1.54) is 0 Å². The molecule has 1 aliphatic carbocycles. The zero-order valence-electron chi connectivity index (χ0n) is 13.2. The smallest absolute Gasteiger partial charge is 0.220 e. The minimum atomic E-state index is 0.0679. The first-order valence-electron chi connectivity index (χ1n) is 7.70. The number of ether oxygens (including phenoxy) is 1. The maximum Gasteiger partial charge on any atom is 0.220 e. The van der Waals surface area contributed by atoms with Gasteiger partial charge < -0.3 is 4.74 Å². The van der Waals surface area contributed by atoms with Crippen LogP contribution in [0.1, 0.15) is 35.5 Å². The summed E-state index contributed by atoms with van der Waals surface area (Å²) in [5, 5.41) is 9.62. The van der Waals surface area contributed by atoms with Gasteiger partial charge in [0.1, 0.15) is 11.9 Å². The summed E-state index contributed by atoms with van der Waals surface area (Å²) >= 11 is 6.27. The van der Waals surface area contributed by atoms with Crippen LogP contribution in [0.2, 0.25) is 5.02 Å². The molecule has 4 nitrogen and oxygen atoms in total. The highest BCUT2D eigenvalue weighted by Gasteiger charge is 2.32. The molecule has 0 radical (unpaired) electrons. The lowest BCUT2D eigenvalue weighted by molar-refractivity contribution is 0.0831. The Morgan fingerprint density at radius 2 is 2.00 bits per heavy atom. The zero-order valence-corrected chi connectivity index (χ0v) is 14.0. The van der Waals surface area contributed by atoms with Crippen molar-refractivity contribution in [2.45, 2.75) is 39.2 Å². The van der Waals surface area contributed by atoms with Crippen LogP contribution in [0.15, 0.2) is 24.3 Å². The predicted octanol–water partition coefficient (Wildman–Crippen LogP) is 4.02. The molecule has 118 valence electrons. The molecule has 0 bridgehead atoms. The van der Waals surface area contributed by atoms with Crippen molar-refractivity contribution in [1.29, 1.82) is 5.26 Å². The van der Waals surface area contributed by atoms with Gasteiger partial charge in [0.15, 0.2) is 0 Å². The van der Waals surface area contributed by atoms with Gasteiger partial charge in [-0.2, -0.15) is 10.2 Å². The molecule has 1 aliphatic rings. The van der Waals surface area contributed by atoms with Gasteiger partial charge in [0.05, 0.1) is 12.0 Å². The van der Waals surface area contributed by atoms with Crippen LogP contribution in [0.3, 0.4) is 0 Å². The van der Waals surface area contributed by atoms with Gasteiger partial charge >= 0.3 is 0 Å². The third kappa shape index (κ3) is 3.46. The lowest BCUT2D eigenvalue weighted by atomic mass is 9.83. The fourth-order valence-corrected chi connectivity index (χ4v) is 2.97. The lowest BCUT2D eigenvalue weighted by Crippen LogP contribution is -2.33. The van der Waals surface area contributed by atoms with Crippen molar-refractivity contribution < 1.29 is 4.74 Å². The summed E-state index contributed by atoms with van der Waals surface area (Å²) in [4.78, 5) is 8.93. The van der Waals surface area contributed by atoms with Crippen LogP contribution >= 0.6 is 11.6 Å². The van der Waals surface area contributed by atoms with Crippen LogP contribution in [-0.4, -0.2) is 16.1 Å². The molecule has 1 saturated carbocycles. The average molecular weight is 328 g/mol. The molecular weight excluding hydrogens is 310 g/mol. The van der Waals surface area contributed by atoms with Crippen molar-refractivity contribution in [1.82, 2.24) is 9.97 Å². The lowest BCUT2D eigenvalue weighted by Gasteiger charge is -2.31. The van der Waals surface area contributed by atoms with Gasteiger partial charge in [0.2, 0.25) is 5.88 Å². The molecule has 1 heterocycles. The van der Waals surface area contributed by atoms with Crippen LogP contribution in [0.5, 0.6) is 5.88 Å². The predicted molar refractivity (Wildman–Crippen MR) is 88.5 cm³/mol. The van der Waals surface area contributed by atoms with E-state index in [1.807, 2.05) is 38.1 Å². The van der Waals surface area contributed by atoms with E-state index in [1.54, 1.807) is 0 Å². The van der Waals surface area contributed by atoms with Gasteiger partial charge in [-0.25, -0.2) is 4.98 Å². The molecule has 0 N–H and O–H groups in total. The van der Waals surface area contributed by atoms with E-state index in [9.17, 15) is 0 Å². The average Bonchev–Trinajstić information content (AvgIpc) is 2.47. The molecule has 1 fully saturated rings. The van der Waals surface area contributed by atoms with Crippen molar-refractivity contribution >= 4 is 11.6 Å². The van der Waals surface area contributed by atoms with Gasteiger partial charge in [0.25, 0.3) is 0 Å². The Kier molecular flexibility index (Phi) is 4.49. The number of aryl methyl sites for hydroxylation is 2. The van der Waals surface area contributed by atoms with Crippen molar-refractivity contribution in [3.63, 3.8) is 0 Å². The van der Waals surface area contributed by atoms with Crippen molar-refractivity contribution in [3.8, 4) is 11.9 Å². The second kappa shape index (κ2) is 6.55. The molecule has 0 atom stereocenters. The Morgan fingerprint density at radius 3 is 2.70 bits per heavy atom. The molecule has 0 unspecified atom stereocenters. The summed E-state index contributed by atoms with van der Waals surface area (Å²) in [5.74, 6) is 1.42. The zero-order chi connectivity index (χ0) is 16.4. The van der Waals surface area contributed by atoms with E-state index >= 15 is 0 Å². The second-order valence-electron chi connectivity index (χ2n) is 5.95. The van der Waals surface area contributed by atoms with Gasteiger partial charge in [-0.1, -0.05) is 29.8 Å². The highest BCUT2D eigenvalue weighted by Crippen LogP contribution is 2.33. The number of rotatable bonds is 4. The second-order valence-corrected chi connectivity index (χ2v) is 6.35. The molecule has 0 spiro atoms. The Bertz CT molecular complexity index is 763. The van der Waals surface area contributed by atoms with Gasteiger partial charge in [-0.05, 0) is 25.5 Å². The largest absolute Gasteiger partial charge is 0.474 e. The van der Waals surface area contributed by atoms with Crippen molar-refractivity contribution in [2.75, 3.05) is 0 Å². The molecule has 1 aromatic carbocycles. The molecular formula is C18H18ClN3O. The first kappa shape index (κ1) is 15.8. The van der Waals surface area contributed by atoms with Gasteiger partial charge in [-0.15, -0.1) is 0 Å². The molecule has 1 aromatic heterocycles. The number of hydrogen-bond donors (Lipinski definition) is 0. The molecule has 3 rings (SSSR count). The molecule has 2 aromatic rings. The fraction of sp³-hybridized carbons (Fsp3) is 0.389. The van der Waals surface area contributed by atoms with Crippen molar-refractivity contribution in [3.05, 3.63) is 51.9 Å². The summed E-state index contributed by atoms with van der Waals surface area (Å²) in [6.07, 6.45) is 2.24. The fourth-order valence-electron chi connectivity index (χ4n) is 2.76. The molecule has 0 amide bonds. The number of nitriles is 1. The van der Waals surface area contributed by atoms with E-state index in [4.69, 9.17) is 21.6 Å². The number of hydrogen-bond acceptors (Lipinski definition) is 4. The van der Waals surface area contributed by atoms with E-state index in [-0.39, 0.29) is 12.0 Å². The Hall–Kier alpha value is -2.12. The normalized spacial score (nSPS) is 19.7. The quantitative estimate of drug-likeness (QED) is 0.851. The minimum absolute atomic E-state index is 0.0679. The summed E-state index contributed by atoms with van der Waals surface area (Å²) in [6, 6.07) is 10.0. The maximum atomic E-state index is 8.89. The summed E-state index contributed by atoms with van der Waals surface area (Å²) in [7, 11) is 0. The highest BCUT2D eigenvalue weighted by atomic mass is 35.5. The van der Waals surface area contributed by atoms with Crippen molar-refractivity contribution in [2.24, 2.45) is 5.92 Å². The topological polar surface area (TPSA) is 58.8 Å². The standard InChI is InChI=1S/C18H18ClN3O/c1-11-16(9-14-5-3-4-6-17(14)19)18(22-12(2)21-11)23-15-7-13(8-15)10-20/h3-6,13,15H,7-9H2,1-2H3. The summed E-state index contributed by atoms with van der Waals surface area (Å²) in [6.45, 7) is 3.82. The molecule has 5 heteroatoms. The molecule has 0 aliphatic heterocycles. The van der Waals surface area contributed by atoms with E-state index in [0.29, 0.717) is 18.1 Å². The van der Waals surface area contributed by atoms with Crippen LogP contribution in [-0.2, 0) is 6.42 Å². The van der Waals surface area contributed by atoms with Crippen LogP contribution in [0.25, 0.3) is 0 Å². The summed E-state index contributed by atoms with van der Waals surface area (Å²) in [5.41, 5.74) is 2.89. The Morgan fingerprint density at radius 1 is 1.26 bits per heavy atom. The van der Waals surface area contributed by atoms with Crippen LogP contribution in [0.4, 0.5) is 0 Å². The number of nitrogens with zero attached hydrogens (tertiary/aromatic N) is 3.